The molecule has 0 fully saturated rings. The van der Waals surface area contributed by atoms with Crippen LogP contribution in [-0.4, -0.2) is 182 Å². The van der Waals surface area contributed by atoms with Crippen molar-refractivity contribution < 1.29 is 75.4 Å². The number of hydrogen-bond donors (Lipinski definition) is 10. The molecule has 0 aromatic heterocycles. The molecule has 0 rings (SSSR count). The van der Waals surface area contributed by atoms with Crippen LogP contribution in [0.5, 0.6) is 0 Å². The van der Waals surface area contributed by atoms with E-state index in [1.54, 1.807) is 0 Å². The van der Waals surface area contributed by atoms with Crippen LogP contribution in [0.4, 0.5) is 0 Å². The number of hydrogen-bond acceptors (Lipinski definition) is 15. The minimum absolute atomic E-state index is 0. The standard InChI is InChI=1S/C12H22NO15.K.H/c14-1-3(16)5(18)7(20)9(22)11(24)27-13(26)28-12(25)10(23)8(21)6(19)4(17)2-15;;/h3-10,14-23H,1-2H2;;/q+1;;/t3-,4-,5-,6-,7+,8+,9-,10-;;/m1../s1. The van der Waals surface area contributed by atoms with Gasteiger partial charge in [0.15, 0.2) is 12.2 Å². The first-order valence-electron chi connectivity index (χ1n) is 7.46. The maximum atomic E-state index is 11.4. The predicted molar refractivity (Wildman–Crippen MR) is 85.2 cm³/mol. The second-order valence-corrected chi connectivity index (χ2v) is 5.40. The fraction of sp³-hybridized carbons (Fsp3) is 0.833. The Balaban J connectivity index is 0. The molecule has 0 bridgehead atoms. The average Bonchev–Trinajstić information content (AvgIpc) is 2.68. The van der Waals surface area contributed by atoms with Gasteiger partial charge in [-0.25, -0.2) is 9.59 Å². The van der Waals surface area contributed by atoms with E-state index in [1.807, 2.05) is 0 Å². The minimum atomic E-state index is -2.65. The summed E-state index contributed by atoms with van der Waals surface area (Å²) in [6, 6.07) is 0. The summed E-state index contributed by atoms with van der Waals surface area (Å²) in [6.07, 6.45) is -18.5. The molecule has 8 atom stereocenters. The average molecular weight is 460 g/mol. The summed E-state index contributed by atoms with van der Waals surface area (Å²) >= 11 is 0. The molecule has 29 heavy (non-hydrogen) atoms. The van der Waals surface area contributed by atoms with Crippen molar-refractivity contribution in [2.45, 2.75) is 48.8 Å². The van der Waals surface area contributed by atoms with Crippen LogP contribution in [-0.2, 0) is 19.3 Å². The van der Waals surface area contributed by atoms with Gasteiger partial charge in [0, 0.05) is 0 Å². The zero-order valence-electron chi connectivity index (χ0n) is 14.0. The number of aliphatic hydroxyl groups is 10. The van der Waals surface area contributed by atoms with Gasteiger partial charge in [-0.1, -0.05) is 0 Å². The molecule has 166 valence electrons. The molecule has 0 heterocycles. The Labute approximate surface area is 204 Å². The molecule has 0 aliphatic rings. The molecule has 0 aliphatic carbocycles. The van der Waals surface area contributed by atoms with E-state index in [2.05, 4.69) is 9.68 Å². The molecule has 0 amide bonds. The van der Waals surface area contributed by atoms with Gasteiger partial charge in [0.2, 0.25) is 0 Å². The summed E-state index contributed by atoms with van der Waals surface area (Å²) in [5.41, 5.74) is 0. The Morgan fingerprint density at radius 1 is 0.655 bits per heavy atom. The zero-order valence-corrected chi connectivity index (χ0v) is 14.0. The summed E-state index contributed by atoms with van der Waals surface area (Å²) in [5, 5.41) is 90.2. The SMILES string of the molecule is O=C(O[N+](=O)OC(=O)[C@H](O)[C@@H](O)[C@H](O)[C@H](O)CO)[C@H](O)[C@@H](O)[C@H](O)[C@H](O)CO.[KH]. The Hall–Kier alpha value is -0.224. The first-order valence-corrected chi connectivity index (χ1v) is 7.46. The molecule has 0 aromatic rings. The van der Waals surface area contributed by atoms with Gasteiger partial charge in [-0.05, 0) is 0 Å². The van der Waals surface area contributed by atoms with Crippen molar-refractivity contribution >= 4 is 63.3 Å². The van der Waals surface area contributed by atoms with Gasteiger partial charge >= 0.3 is 68.4 Å². The van der Waals surface area contributed by atoms with Crippen LogP contribution < -0.4 is 0 Å². The number of nitrogens with zero attached hydrogens (tertiary/aromatic N) is 1. The monoisotopic (exact) mass is 460 g/mol. The van der Waals surface area contributed by atoms with E-state index in [1.165, 1.54) is 0 Å². The molecule has 0 aromatic carbocycles. The Kier molecular flexibility index (Phi) is 15.7. The predicted octanol–water partition coefficient (Wildman–Crippen LogP) is -8.09. The first kappa shape index (κ1) is 31.0. The third-order valence-electron chi connectivity index (χ3n) is 3.32. The van der Waals surface area contributed by atoms with Crippen LogP contribution >= 0.6 is 0 Å². The van der Waals surface area contributed by atoms with Crippen LogP contribution in [0.3, 0.4) is 0 Å². The van der Waals surface area contributed by atoms with Crippen LogP contribution in [0.25, 0.3) is 0 Å². The first-order chi connectivity index (χ1) is 12.9. The van der Waals surface area contributed by atoms with Crippen molar-refractivity contribution in [2.75, 3.05) is 13.2 Å². The van der Waals surface area contributed by atoms with Crippen molar-refractivity contribution in [1.29, 1.82) is 0 Å². The number of aliphatic hydroxyl groups excluding tert-OH is 10. The fourth-order valence-corrected chi connectivity index (χ4v) is 1.60. The van der Waals surface area contributed by atoms with Crippen molar-refractivity contribution in [3.05, 3.63) is 4.91 Å². The molecule has 0 unspecified atom stereocenters. The molecule has 16 nitrogen and oxygen atoms in total. The van der Waals surface area contributed by atoms with Crippen molar-refractivity contribution in [3.8, 4) is 0 Å². The molecule has 0 saturated carbocycles. The Bertz CT molecular complexity index is 491. The topological polar surface area (TPSA) is 275 Å². The number of carbonyl (C=O) groups excluding carboxylic acids is 2. The van der Waals surface area contributed by atoms with E-state index < -0.39 is 79.1 Å². The van der Waals surface area contributed by atoms with E-state index >= 15 is 0 Å². The molecule has 0 aliphatic heterocycles. The van der Waals surface area contributed by atoms with E-state index in [0.29, 0.717) is 0 Å². The van der Waals surface area contributed by atoms with E-state index in [4.69, 9.17) is 20.4 Å². The third kappa shape index (κ3) is 9.63. The van der Waals surface area contributed by atoms with Gasteiger partial charge in [0.05, 0.1) is 13.2 Å². The molecule has 0 radical (unpaired) electrons. The molecular formula is C12H23KNO15+. The van der Waals surface area contributed by atoms with Crippen molar-refractivity contribution in [2.24, 2.45) is 0 Å². The molecule has 17 heteroatoms. The van der Waals surface area contributed by atoms with Gasteiger partial charge in [-0.2, -0.15) is 0 Å². The van der Waals surface area contributed by atoms with Crippen LogP contribution in [0.2, 0.25) is 0 Å². The van der Waals surface area contributed by atoms with Crippen LogP contribution in [0.15, 0.2) is 0 Å². The van der Waals surface area contributed by atoms with E-state index in [-0.39, 0.29) is 51.4 Å². The maximum absolute atomic E-state index is 11.4. The summed E-state index contributed by atoms with van der Waals surface area (Å²) in [6.45, 7) is -2.11. The summed E-state index contributed by atoms with van der Waals surface area (Å²) in [5.74, 6) is -3.99. The van der Waals surface area contributed by atoms with Crippen LogP contribution in [0.1, 0.15) is 0 Å². The summed E-state index contributed by atoms with van der Waals surface area (Å²) < 4.78 is 0. The Morgan fingerprint density at radius 2 is 0.931 bits per heavy atom. The molecule has 0 saturated heterocycles. The van der Waals surface area contributed by atoms with Gasteiger partial charge in [-0.3, -0.25) is 0 Å². The van der Waals surface area contributed by atoms with Crippen molar-refractivity contribution in [1.82, 2.24) is 0 Å². The van der Waals surface area contributed by atoms with Gasteiger partial charge in [0.25, 0.3) is 0 Å². The normalized spacial score (nSPS) is 19.4. The van der Waals surface area contributed by atoms with E-state index in [9.17, 15) is 45.1 Å². The second kappa shape index (κ2) is 14.7. The molecular weight excluding hydrogens is 437 g/mol. The Morgan fingerprint density at radius 3 is 1.17 bits per heavy atom. The van der Waals surface area contributed by atoms with Gasteiger partial charge in [-0.15, -0.1) is 9.68 Å². The second-order valence-electron chi connectivity index (χ2n) is 5.40. The molecule has 0 spiro atoms. The van der Waals surface area contributed by atoms with Gasteiger partial charge in [0.1, 0.15) is 41.5 Å². The third-order valence-corrected chi connectivity index (χ3v) is 3.32. The fourth-order valence-electron chi connectivity index (χ4n) is 1.60. The molecule has 10 N–H and O–H groups in total. The number of rotatable bonds is 12. The summed E-state index contributed by atoms with van der Waals surface area (Å²) in [7, 11) is 0. The summed E-state index contributed by atoms with van der Waals surface area (Å²) in [4.78, 5) is 41.4. The van der Waals surface area contributed by atoms with Crippen LogP contribution in [0, 0.1) is 4.91 Å². The zero-order chi connectivity index (χ0) is 22.2. The quantitative estimate of drug-likeness (QED) is 0.0956. The number of carbonyl (C=O) groups is 2. The van der Waals surface area contributed by atoms with Crippen molar-refractivity contribution in [3.63, 3.8) is 0 Å². The van der Waals surface area contributed by atoms with E-state index in [0.717, 1.165) is 0 Å². The van der Waals surface area contributed by atoms with Gasteiger partial charge < -0.3 is 51.1 Å².